The molecular weight excluding hydrogens is 795 g/mol. The molecule has 11 aromatic carbocycles. The zero-order valence-corrected chi connectivity index (χ0v) is 36.4. The Morgan fingerprint density at radius 3 is 1.44 bits per heavy atom. The van der Waals surface area contributed by atoms with Crippen LogP contribution in [0.15, 0.2) is 273 Å². The number of hydrogen-bond acceptors (Lipinski definition) is 1. The van der Waals surface area contributed by atoms with Crippen LogP contribution in [0.3, 0.4) is 0 Å². The Morgan fingerprint density at radius 2 is 0.742 bits per heavy atom. The van der Waals surface area contributed by atoms with Gasteiger partial charge in [-0.05, 0) is 113 Å². The van der Waals surface area contributed by atoms with E-state index < -0.39 is 5.41 Å². The van der Waals surface area contributed by atoms with Gasteiger partial charge in [-0.15, -0.1) is 0 Å². The molecule has 12 rings (SSSR count). The van der Waals surface area contributed by atoms with Gasteiger partial charge >= 0.3 is 0 Å². The minimum Gasteiger partial charge on any atom is -0.310 e. The van der Waals surface area contributed by atoms with Gasteiger partial charge in [0.15, 0.2) is 0 Å². The fourth-order valence-electron chi connectivity index (χ4n) is 10.7. The van der Waals surface area contributed by atoms with E-state index in [2.05, 4.69) is 278 Å². The molecule has 1 heteroatoms. The quantitative estimate of drug-likeness (QED) is 0.140. The third-order valence-electron chi connectivity index (χ3n) is 13.6. The third kappa shape index (κ3) is 6.47. The van der Waals surface area contributed by atoms with Crippen molar-refractivity contribution in [2.24, 2.45) is 0 Å². The maximum Gasteiger partial charge on any atom is 0.0714 e. The first-order valence-corrected chi connectivity index (χ1v) is 22.8. The van der Waals surface area contributed by atoms with E-state index in [9.17, 15) is 0 Å². The lowest BCUT2D eigenvalue weighted by Crippen LogP contribution is -2.28. The van der Waals surface area contributed by atoms with Crippen LogP contribution in [0, 0.1) is 0 Å². The van der Waals surface area contributed by atoms with Gasteiger partial charge in [0.25, 0.3) is 0 Å². The van der Waals surface area contributed by atoms with E-state index in [1.165, 1.54) is 88.7 Å². The van der Waals surface area contributed by atoms with Crippen LogP contribution in [0.4, 0.5) is 17.1 Å². The van der Waals surface area contributed by atoms with Crippen LogP contribution in [0.2, 0.25) is 0 Å². The predicted molar refractivity (Wildman–Crippen MR) is 278 cm³/mol. The van der Waals surface area contributed by atoms with E-state index >= 15 is 0 Å². The summed E-state index contributed by atoms with van der Waals surface area (Å²) in [6.07, 6.45) is 0. The molecule has 0 fully saturated rings. The van der Waals surface area contributed by atoms with Gasteiger partial charge < -0.3 is 4.90 Å². The molecule has 0 bridgehead atoms. The van der Waals surface area contributed by atoms with Gasteiger partial charge in [-0.1, -0.05) is 243 Å². The Hall–Kier alpha value is -8.52. The van der Waals surface area contributed by atoms with Crippen molar-refractivity contribution in [2.75, 3.05) is 4.90 Å². The Bertz CT molecular complexity index is 3460. The molecule has 0 aliphatic heterocycles. The van der Waals surface area contributed by atoms with Gasteiger partial charge in [0, 0.05) is 16.9 Å². The van der Waals surface area contributed by atoms with E-state index in [1.807, 2.05) is 0 Å². The monoisotopic (exact) mass is 839 g/mol. The average Bonchev–Trinajstić information content (AvgIpc) is 3.70. The fraction of sp³-hybridized carbons (Fsp3) is 0.0154. The lowest BCUT2D eigenvalue weighted by molar-refractivity contribution is 0.768. The Balaban J connectivity index is 1.15. The number of nitrogens with zero attached hydrogens (tertiary/aromatic N) is 1. The van der Waals surface area contributed by atoms with Gasteiger partial charge in [-0.25, -0.2) is 0 Å². The van der Waals surface area contributed by atoms with Crippen LogP contribution in [0.25, 0.3) is 66.4 Å². The van der Waals surface area contributed by atoms with E-state index in [4.69, 9.17) is 0 Å². The van der Waals surface area contributed by atoms with Crippen LogP contribution < -0.4 is 4.90 Å². The smallest absolute Gasteiger partial charge is 0.0714 e. The van der Waals surface area contributed by atoms with Crippen LogP contribution in [0.5, 0.6) is 0 Å². The second-order valence-corrected chi connectivity index (χ2v) is 17.1. The number of benzene rings is 11. The molecule has 0 saturated carbocycles. The first kappa shape index (κ1) is 39.1. The van der Waals surface area contributed by atoms with Gasteiger partial charge in [-0.3, -0.25) is 0 Å². The van der Waals surface area contributed by atoms with E-state index in [0.29, 0.717) is 0 Å². The molecule has 0 aromatic heterocycles. The second kappa shape index (κ2) is 16.6. The second-order valence-electron chi connectivity index (χ2n) is 17.1. The zero-order chi connectivity index (χ0) is 43.9. The topological polar surface area (TPSA) is 3.24 Å². The minimum absolute atomic E-state index is 0.553. The van der Waals surface area contributed by atoms with Crippen LogP contribution in [-0.2, 0) is 5.41 Å². The maximum atomic E-state index is 2.50. The van der Waals surface area contributed by atoms with Crippen molar-refractivity contribution >= 4 is 27.8 Å². The van der Waals surface area contributed by atoms with Gasteiger partial charge in [0.05, 0.1) is 11.1 Å². The average molecular weight is 840 g/mol. The normalized spacial score (nSPS) is 12.4. The van der Waals surface area contributed by atoms with E-state index in [1.54, 1.807) is 0 Å². The van der Waals surface area contributed by atoms with E-state index in [-0.39, 0.29) is 0 Å². The molecule has 0 radical (unpaired) electrons. The minimum atomic E-state index is -0.553. The number of rotatable bonds is 9. The molecular formula is C65H45N. The molecule has 66 heavy (non-hydrogen) atoms. The third-order valence-corrected chi connectivity index (χ3v) is 13.6. The Kier molecular flexibility index (Phi) is 9.81. The first-order valence-electron chi connectivity index (χ1n) is 22.8. The van der Waals surface area contributed by atoms with Gasteiger partial charge in [0.1, 0.15) is 0 Å². The van der Waals surface area contributed by atoms with Crippen LogP contribution >= 0.6 is 0 Å². The van der Waals surface area contributed by atoms with Crippen molar-refractivity contribution in [2.45, 2.75) is 5.41 Å². The highest BCUT2D eigenvalue weighted by atomic mass is 15.1. The summed E-state index contributed by atoms with van der Waals surface area (Å²) in [5.74, 6) is 0. The molecule has 1 nitrogen and oxygen atoms in total. The highest BCUT2D eigenvalue weighted by molar-refractivity contribution is 6.02. The molecule has 0 unspecified atom stereocenters. The standard InChI is InChI=1S/C65H45N/c1-5-21-46(22-6-1)56-32-15-16-34-60(56)64-57(48-23-7-2-8-24-48)36-20-38-63(64)66(52-41-39-49(40-42-52)55-35-19-26-47-25-13-14-31-54(47)55)53-43-44-59-58-33-17-18-37-61(58)65(62(59)45-53,50-27-9-3-10-28-50)51-29-11-4-12-30-51/h1-45H. The molecule has 310 valence electrons. The Labute approximate surface area is 387 Å². The summed E-state index contributed by atoms with van der Waals surface area (Å²) in [6, 6.07) is 100. The van der Waals surface area contributed by atoms with Crippen molar-refractivity contribution in [3.63, 3.8) is 0 Å². The molecule has 11 aromatic rings. The summed E-state index contributed by atoms with van der Waals surface area (Å²) < 4.78 is 0. The molecule has 0 spiro atoms. The van der Waals surface area contributed by atoms with Crippen molar-refractivity contribution in [1.29, 1.82) is 0 Å². The summed E-state index contributed by atoms with van der Waals surface area (Å²) in [5, 5.41) is 2.48. The molecule has 0 amide bonds. The van der Waals surface area contributed by atoms with Gasteiger partial charge in [0.2, 0.25) is 0 Å². The summed E-state index contributed by atoms with van der Waals surface area (Å²) in [4.78, 5) is 2.50. The van der Waals surface area contributed by atoms with E-state index in [0.717, 1.165) is 17.1 Å². The molecule has 1 aliphatic rings. The lowest BCUT2D eigenvalue weighted by atomic mass is 9.67. The summed E-state index contributed by atoms with van der Waals surface area (Å²) in [5.41, 5.74) is 19.7. The first-order chi connectivity index (χ1) is 32.8. The van der Waals surface area contributed by atoms with Gasteiger partial charge in [-0.2, -0.15) is 0 Å². The number of fused-ring (bicyclic) bond motifs is 4. The fourth-order valence-corrected chi connectivity index (χ4v) is 10.7. The lowest BCUT2D eigenvalue weighted by Gasteiger charge is -2.35. The molecule has 0 atom stereocenters. The number of anilines is 3. The summed E-state index contributed by atoms with van der Waals surface area (Å²) >= 11 is 0. The van der Waals surface area contributed by atoms with Crippen LogP contribution in [-0.4, -0.2) is 0 Å². The zero-order valence-electron chi connectivity index (χ0n) is 36.4. The molecule has 0 N–H and O–H groups in total. The summed E-state index contributed by atoms with van der Waals surface area (Å²) in [7, 11) is 0. The highest BCUT2D eigenvalue weighted by Gasteiger charge is 2.46. The molecule has 1 aliphatic carbocycles. The summed E-state index contributed by atoms with van der Waals surface area (Å²) in [6.45, 7) is 0. The maximum absolute atomic E-state index is 2.50. The molecule has 0 heterocycles. The predicted octanol–water partition coefficient (Wildman–Crippen LogP) is 17.3. The van der Waals surface area contributed by atoms with Crippen molar-refractivity contribution in [1.82, 2.24) is 0 Å². The number of hydrogen-bond donors (Lipinski definition) is 0. The van der Waals surface area contributed by atoms with Crippen molar-refractivity contribution < 1.29 is 0 Å². The largest absolute Gasteiger partial charge is 0.310 e. The highest BCUT2D eigenvalue weighted by Crippen LogP contribution is 2.58. The SMILES string of the molecule is c1ccc(-c2ccccc2-c2c(-c3ccccc3)cccc2N(c2ccc(-c3cccc4ccccc34)cc2)c2ccc3c(c2)C(c2ccccc2)(c2ccccc2)c2ccccc2-3)cc1. The van der Waals surface area contributed by atoms with Crippen molar-refractivity contribution in [3.8, 4) is 55.6 Å². The van der Waals surface area contributed by atoms with Crippen molar-refractivity contribution in [3.05, 3.63) is 295 Å². The Morgan fingerprint density at radius 1 is 0.273 bits per heavy atom. The van der Waals surface area contributed by atoms with Crippen LogP contribution in [0.1, 0.15) is 22.3 Å². The molecule has 0 saturated heterocycles.